The molecule has 0 atom stereocenters. The van der Waals surface area contributed by atoms with E-state index < -0.39 is 5.56 Å². The molecule has 0 aliphatic carbocycles. The van der Waals surface area contributed by atoms with Crippen LogP contribution in [-0.4, -0.2) is 22.7 Å². The van der Waals surface area contributed by atoms with E-state index in [9.17, 15) is 9.59 Å². The summed E-state index contributed by atoms with van der Waals surface area (Å²) in [6, 6.07) is 8.45. The quantitative estimate of drug-likeness (QED) is 0.799. The van der Waals surface area contributed by atoms with Gasteiger partial charge in [-0.25, -0.2) is 0 Å². The summed E-state index contributed by atoms with van der Waals surface area (Å²) in [5.74, 6) is 0.331. The van der Waals surface area contributed by atoms with Crippen LogP contribution in [0, 0.1) is 18.3 Å². The number of carbonyl (C=O) groups is 1. The van der Waals surface area contributed by atoms with E-state index in [0.29, 0.717) is 17.0 Å². The van der Waals surface area contributed by atoms with Gasteiger partial charge in [0.15, 0.2) is 5.78 Å². The van der Waals surface area contributed by atoms with Gasteiger partial charge in [0.25, 0.3) is 5.56 Å². The van der Waals surface area contributed by atoms with Crippen LogP contribution in [0.4, 0.5) is 0 Å². The van der Waals surface area contributed by atoms with Crippen molar-refractivity contribution in [2.45, 2.75) is 13.8 Å². The van der Waals surface area contributed by atoms with Gasteiger partial charge in [0.2, 0.25) is 0 Å². The van der Waals surface area contributed by atoms with E-state index in [1.165, 1.54) is 14.0 Å². The summed E-state index contributed by atoms with van der Waals surface area (Å²) in [5, 5.41) is 13.2. The van der Waals surface area contributed by atoms with Crippen LogP contribution in [0.1, 0.15) is 28.5 Å². The Hall–Kier alpha value is -2.94. The molecule has 2 aromatic rings. The van der Waals surface area contributed by atoms with Gasteiger partial charge in [-0.2, -0.15) is 15.0 Å². The number of nitriles is 1. The number of hydrogen-bond acceptors (Lipinski definition) is 5. The van der Waals surface area contributed by atoms with Crippen LogP contribution in [0.25, 0.3) is 5.69 Å². The van der Waals surface area contributed by atoms with Gasteiger partial charge >= 0.3 is 0 Å². The van der Waals surface area contributed by atoms with Crippen LogP contribution in [0.5, 0.6) is 5.75 Å². The highest BCUT2D eigenvalue weighted by molar-refractivity contribution is 5.93. The summed E-state index contributed by atoms with van der Waals surface area (Å²) in [5.41, 5.74) is 0.248. The second kappa shape index (κ2) is 5.59. The molecule has 0 radical (unpaired) electrons. The monoisotopic (exact) mass is 283 g/mol. The molecule has 0 spiro atoms. The van der Waals surface area contributed by atoms with E-state index in [0.717, 1.165) is 4.68 Å². The molecule has 0 aliphatic rings. The van der Waals surface area contributed by atoms with Crippen molar-refractivity contribution in [1.29, 1.82) is 5.26 Å². The Morgan fingerprint density at radius 3 is 2.43 bits per heavy atom. The van der Waals surface area contributed by atoms with Gasteiger partial charge in [-0.05, 0) is 31.2 Å². The van der Waals surface area contributed by atoms with Gasteiger partial charge in [-0.3, -0.25) is 9.59 Å². The summed E-state index contributed by atoms with van der Waals surface area (Å²) in [7, 11) is 1.53. The average molecular weight is 283 g/mol. The molecule has 0 fully saturated rings. The van der Waals surface area contributed by atoms with Crippen molar-refractivity contribution in [2.24, 2.45) is 0 Å². The molecule has 106 valence electrons. The van der Waals surface area contributed by atoms with Crippen LogP contribution in [0.3, 0.4) is 0 Å². The molecular formula is C15H13N3O3. The highest BCUT2D eigenvalue weighted by Crippen LogP contribution is 2.15. The molecule has 1 aromatic heterocycles. The zero-order valence-corrected chi connectivity index (χ0v) is 11.9. The molecule has 0 bridgehead atoms. The third-order valence-electron chi connectivity index (χ3n) is 3.10. The zero-order valence-electron chi connectivity index (χ0n) is 11.9. The fourth-order valence-electron chi connectivity index (χ4n) is 1.97. The van der Waals surface area contributed by atoms with Crippen molar-refractivity contribution in [2.75, 3.05) is 7.11 Å². The summed E-state index contributed by atoms with van der Waals surface area (Å²) in [4.78, 5) is 23.9. The molecule has 0 amide bonds. The number of carbonyl (C=O) groups excluding carboxylic acids is 1. The van der Waals surface area contributed by atoms with Gasteiger partial charge < -0.3 is 4.74 Å². The number of methoxy groups -OCH3 is 1. The number of ketones is 1. The molecule has 21 heavy (non-hydrogen) atoms. The van der Waals surface area contributed by atoms with E-state index in [4.69, 9.17) is 10.00 Å². The fraction of sp³-hybridized carbons (Fsp3) is 0.200. The molecule has 6 nitrogen and oxygen atoms in total. The highest BCUT2D eigenvalue weighted by atomic mass is 16.5. The number of ether oxygens (including phenoxy) is 1. The maximum absolute atomic E-state index is 12.3. The molecule has 0 unspecified atom stereocenters. The Bertz CT molecular complexity index is 799. The van der Waals surface area contributed by atoms with Crippen molar-refractivity contribution < 1.29 is 9.53 Å². The Kier molecular flexibility index (Phi) is 3.85. The summed E-state index contributed by atoms with van der Waals surface area (Å²) in [6.07, 6.45) is 0. The first-order valence-electron chi connectivity index (χ1n) is 6.19. The lowest BCUT2D eigenvalue weighted by atomic mass is 10.1. The van der Waals surface area contributed by atoms with E-state index in [-0.39, 0.29) is 17.0 Å². The lowest BCUT2D eigenvalue weighted by Gasteiger charge is -2.10. The van der Waals surface area contributed by atoms with Crippen molar-refractivity contribution in [3.05, 3.63) is 51.4 Å². The number of benzene rings is 1. The van der Waals surface area contributed by atoms with Crippen molar-refractivity contribution in [1.82, 2.24) is 9.78 Å². The predicted molar refractivity (Wildman–Crippen MR) is 75.8 cm³/mol. The first-order valence-corrected chi connectivity index (χ1v) is 6.19. The minimum absolute atomic E-state index is 0.0778. The first-order chi connectivity index (χ1) is 9.99. The van der Waals surface area contributed by atoms with Crippen LogP contribution >= 0.6 is 0 Å². The summed E-state index contributed by atoms with van der Waals surface area (Å²) >= 11 is 0. The van der Waals surface area contributed by atoms with Gasteiger partial charge in [-0.1, -0.05) is 0 Å². The van der Waals surface area contributed by atoms with Gasteiger partial charge in [0, 0.05) is 12.5 Å². The molecule has 2 rings (SSSR count). The minimum atomic E-state index is -0.551. The Morgan fingerprint density at radius 1 is 1.33 bits per heavy atom. The summed E-state index contributed by atoms with van der Waals surface area (Å²) < 4.78 is 6.10. The molecule has 0 aliphatic heterocycles. The fourth-order valence-corrected chi connectivity index (χ4v) is 1.97. The van der Waals surface area contributed by atoms with E-state index in [1.807, 2.05) is 6.07 Å². The third kappa shape index (κ3) is 2.54. The van der Waals surface area contributed by atoms with Crippen LogP contribution < -0.4 is 10.3 Å². The van der Waals surface area contributed by atoms with Crippen LogP contribution in [-0.2, 0) is 0 Å². The third-order valence-corrected chi connectivity index (χ3v) is 3.10. The second-order valence-corrected chi connectivity index (χ2v) is 4.43. The van der Waals surface area contributed by atoms with Crippen LogP contribution in [0.15, 0.2) is 29.1 Å². The summed E-state index contributed by atoms with van der Waals surface area (Å²) in [6.45, 7) is 2.89. The lowest BCUT2D eigenvalue weighted by molar-refractivity contribution is 0.101. The zero-order chi connectivity index (χ0) is 15.6. The predicted octanol–water partition coefficient (Wildman–Crippen LogP) is 1.62. The van der Waals surface area contributed by atoms with E-state index in [2.05, 4.69) is 5.10 Å². The SMILES string of the molecule is COc1ccc(-n2nc(C(C)=O)c(C)c(C#N)c2=O)cc1. The van der Waals surface area contributed by atoms with Crippen molar-refractivity contribution >= 4 is 5.78 Å². The van der Waals surface area contributed by atoms with Gasteiger partial charge in [0.1, 0.15) is 23.1 Å². The second-order valence-electron chi connectivity index (χ2n) is 4.43. The molecule has 6 heteroatoms. The maximum Gasteiger partial charge on any atom is 0.289 e. The Labute approximate surface area is 121 Å². The minimum Gasteiger partial charge on any atom is -0.497 e. The van der Waals surface area contributed by atoms with Crippen molar-refractivity contribution in [3.63, 3.8) is 0 Å². The first kappa shape index (κ1) is 14.5. The van der Waals surface area contributed by atoms with Crippen LogP contribution in [0.2, 0.25) is 0 Å². The van der Waals surface area contributed by atoms with E-state index in [1.54, 1.807) is 31.2 Å². The highest BCUT2D eigenvalue weighted by Gasteiger charge is 2.17. The molecular weight excluding hydrogens is 270 g/mol. The van der Waals surface area contributed by atoms with Gasteiger partial charge in [-0.15, -0.1) is 0 Å². The Balaban J connectivity index is 2.74. The van der Waals surface area contributed by atoms with Gasteiger partial charge in [0.05, 0.1) is 12.8 Å². The number of hydrogen-bond donors (Lipinski definition) is 0. The standard InChI is InChI=1S/C15H13N3O3/c1-9-13(8-16)15(20)18(17-14(9)10(2)19)11-4-6-12(21-3)7-5-11/h4-7H,1-3H3. The van der Waals surface area contributed by atoms with Crippen molar-refractivity contribution in [3.8, 4) is 17.5 Å². The molecule has 1 aromatic carbocycles. The smallest absolute Gasteiger partial charge is 0.289 e. The lowest BCUT2D eigenvalue weighted by Crippen LogP contribution is -2.27. The number of Topliss-reactive ketones (excluding diaryl/α,β-unsaturated/α-hetero) is 1. The maximum atomic E-state index is 12.3. The number of aromatic nitrogens is 2. The number of rotatable bonds is 3. The molecule has 0 saturated heterocycles. The average Bonchev–Trinajstić information content (AvgIpc) is 2.48. The normalized spacial score (nSPS) is 10.0. The largest absolute Gasteiger partial charge is 0.497 e. The van der Waals surface area contributed by atoms with E-state index >= 15 is 0 Å². The molecule has 0 saturated carbocycles. The molecule has 1 heterocycles. The Morgan fingerprint density at radius 2 is 1.95 bits per heavy atom. The molecule has 0 N–H and O–H groups in total. The topological polar surface area (TPSA) is 85.0 Å². The number of nitrogens with zero attached hydrogens (tertiary/aromatic N) is 3.